The van der Waals surface area contributed by atoms with Crippen molar-refractivity contribution >= 4 is 29.5 Å². The monoisotopic (exact) mass is 481 g/mol. The van der Waals surface area contributed by atoms with Crippen LogP contribution in [0.25, 0.3) is 0 Å². The van der Waals surface area contributed by atoms with E-state index in [1.807, 2.05) is 30.3 Å². The van der Waals surface area contributed by atoms with Crippen molar-refractivity contribution in [2.24, 2.45) is 5.73 Å². The highest BCUT2D eigenvalue weighted by Crippen LogP contribution is 2.26. The lowest BCUT2D eigenvalue weighted by atomic mass is 10.0. The highest BCUT2D eigenvalue weighted by Gasteiger charge is 2.16. The SMILES string of the molecule is C=C(Nc1ccc(OC)cc1C(=O)c1ccc(Cl)cc1)C(N)NC.O=COCc1ccccc1. The Morgan fingerprint density at radius 3 is 2.38 bits per heavy atom. The maximum atomic E-state index is 12.9. The zero-order chi connectivity index (χ0) is 24.9. The molecule has 7 nitrogen and oxygen atoms in total. The zero-order valence-electron chi connectivity index (χ0n) is 19.1. The molecule has 0 spiro atoms. The van der Waals surface area contributed by atoms with Crippen LogP contribution in [0.4, 0.5) is 5.69 Å². The van der Waals surface area contributed by atoms with Crippen LogP contribution in [0, 0.1) is 0 Å². The highest BCUT2D eigenvalue weighted by molar-refractivity contribution is 6.30. The Bertz CT molecular complexity index is 1090. The first-order valence-electron chi connectivity index (χ1n) is 10.4. The lowest BCUT2D eigenvalue weighted by Gasteiger charge is -2.18. The molecule has 178 valence electrons. The van der Waals surface area contributed by atoms with Gasteiger partial charge in [-0.1, -0.05) is 48.5 Å². The standard InChI is InChI=1S/C18H20ClN3O2.C8H8O2/c1-11(18(20)21-2)22-16-9-8-14(24-3)10-15(16)17(23)12-4-6-13(19)7-5-12;9-7-10-6-8-4-2-1-3-5-8/h4-10,18,21-22H,1,20H2,2-3H3;1-5,7H,6H2. The predicted molar refractivity (Wildman–Crippen MR) is 135 cm³/mol. The van der Waals surface area contributed by atoms with Crippen molar-refractivity contribution in [2.45, 2.75) is 12.8 Å². The molecule has 0 heterocycles. The molecule has 3 aromatic rings. The zero-order valence-corrected chi connectivity index (χ0v) is 19.8. The quantitative estimate of drug-likeness (QED) is 0.224. The van der Waals surface area contributed by atoms with Crippen molar-refractivity contribution < 1.29 is 19.1 Å². The largest absolute Gasteiger partial charge is 0.497 e. The molecule has 0 aromatic heterocycles. The van der Waals surface area contributed by atoms with Gasteiger partial charge in [0.15, 0.2) is 5.78 Å². The molecule has 0 aliphatic heterocycles. The van der Waals surface area contributed by atoms with Gasteiger partial charge in [-0.25, -0.2) is 0 Å². The number of hydrogen-bond acceptors (Lipinski definition) is 7. The minimum atomic E-state index is -0.439. The number of likely N-dealkylation sites (N-methyl/N-ethyl adjacent to an activating group) is 1. The second-order valence-electron chi connectivity index (χ2n) is 7.06. The maximum absolute atomic E-state index is 12.9. The molecular formula is C26H28ClN3O4. The van der Waals surface area contributed by atoms with Gasteiger partial charge >= 0.3 is 0 Å². The number of carbonyl (C=O) groups is 2. The van der Waals surface area contributed by atoms with Crippen LogP contribution in [0.2, 0.25) is 5.02 Å². The van der Waals surface area contributed by atoms with E-state index in [1.165, 1.54) is 0 Å². The summed E-state index contributed by atoms with van der Waals surface area (Å²) in [6, 6.07) is 21.5. The Kier molecular flexibility index (Phi) is 10.8. The van der Waals surface area contributed by atoms with E-state index in [9.17, 15) is 9.59 Å². The number of halogens is 1. The molecule has 3 rings (SSSR count). The summed E-state index contributed by atoms with van der Waals surface area (Å²) in [7, 11) is 3.28. The van der Waals surface area contributed by atoms with Crippen LogP contribution >= 0.6 is 11.6 Å². The average molecular weight is 482 g/mol. The normalized spacial score (nSPS) is 10.8. The topological polar surface area (TPSA) is 103 Å². The maximum Gasteiger partial charge on any atom is 0.293 e. The molecule has 1 unspecified atom stereocenters. The fraction of sp³-hybridized carbons (Fsp3) is 0.154. The van der Waals surface area contributed by atoms with Crippen LogP contribution in [0.3, 0.4) is 0 Å². The number of methoxy groups -OCH3 is 1. The molecule has 0 amide bonds. The Morgan fingerprint density at radius 1 is 1.12 bits per heavy atom. The second kappa shape index (κ2) is 13.8. The third-order valence-corrected chi connectivity index (χ3v) is 4.97. The van der Waals surface area contributed by atoms with E-state index in [0.29, 0.717) is 46.4 Å². The third kappa shape index (κ3) is 8.04. The summed E-state index contributed by atoms with van der Waals surface area (Å²) in [4.78, 5) is 22.6. The van der Waals surface area contributed by atoms with Gasteiger partial charge in [-0.2, -0.15) is 0 Å². The van der Waals surface area contributed by atoms with Crippen molar-refractivity contribution in [3.8, 4) is 5.75 Å². The van der Waals surface area contributed by atoms with Crippen LogP contribution in [-0.4, -0.2) is 32.6 Å². The second-order valence-corrected chi connectivity index (χ2v) is 7.49. The van der Waals surface area contributed by atoms with E-state index in [4.69, 9.17) is 22.1 Å². The summed E-state index contributed by atoms with van der Waals surface area (Å²) in [5, 5.41) is 6.55. The molecule has 3 aromatic carbocycles. The van der Waals surface area contributed by atoms with Crippen molar-refractivity contribution in [1.29, 1.82) is 0 Å². The first kappa shape index (κ1) is 26.6. The van der Waals surface area contributed by atoms with E-state index in [-0.39, 0.29) is 5.78 Å². The molecule has 0 radical (unpaired) electrons. The molecule has 0 bridgehead atoms. The summed E-state index contributed by atoms with van der Waals surface area (Å²) in [5.74, 6) is 0.431. The average Bonchev–Trinajstić information content (AvgIpc) is 2.88. The first-order valence-corrected chi connectivity index (χ1v) is 10.7. The Hall–Kier alpha value is -3.65. The lowest BCUT2D eigenvalue weighted by Crippen LogP contribution is -2.38. The lowest BCUT2D eigenvalue weighted by molar-refractivity contribution is -0.129. The smallest absolute Gasteiger partial charge is 0.293 e. The first-order chi connectivity index (χ1) is 16.4. The number of ether oxygens (including phenoxy) is 2. The Labute approximate surface area is 204 Å². The van der Waals surface area contributed by atoms with Crippen molar-refractivity contribution in [3.05, 3.63) is 107 Å². The molecule has 0 aliphatic rings. The van der Waals surface area contributed by atoms with Gasteiger partial charge in [0.05, 0.1) is 13.3 Å². The molecule has 0 saturated carbocycles. The van der Waals surface area contributed by atoms with Crippen molar-refractivity contribution in [2.75, 3.05) is 19.5 Å². The van der Waals surface area contributed by atoms with Crippen LogP contribution in [0.15, 0.2) is 85.1 Å². The summed E-state index contributed by atoms with van der Waals surface area (Å²) in [5.41, 5.74) is 9.02. The Morgan fingerprint density at radius 2 is 1.79 bits per heavy atom. The molecule has 1 atom stereocenters. The Balaban J connectivity index is 0.000000340. The summed E-state index contributed by atoms with van der Waals surface area (Å²) in [6.07, 6.45) is -0.439. The van der Waals surface area contributed by atoms with Crippen LogP contribution in [0.5, 0.6) is 5.75 Å². The van der Waals surface area contributed by atoms with Crippen molar-refractivity contribution in [1.82, 2.24) is 5.32 Å². The number of ketones is 1. The van der Waals surface area contributed by atoms with Gasteiger partial charge in [0.25, 0.3) is 6.47 Å². The van der Waals surface area contributed by atoms with Crippen molar-refractivity contribution in [3.63, 3.8) is 0 Å². The number of anilines is 1. The number of nitrogens with two attached hydrogens (primary N) is 1. The summed E-state index contributed by atoms with van der Waals surface area (Å²) in [6.45, 7) is 4.71. The van der Waals surface area contributed by atoms with Gasteiger partial charge in [0.1, 0.15) is 12.4 Å². The highest BCUT2D eigenvalue weighted by atomic mass is 35.5. The van der Waals surface area contributed by atoms with E-state index >= 15 is 0 Å². The summed E-state index contributed by atoms with van der Waals surface area (Å²) >= 11 is 5.88. The third-order valence-electron chi connectivity index (χ3n) is 4.72. The summed E-state index contributed by atoms with van der Waals surface area (Å²) < 4.78 is 9.77. The molecule has 8 heteroatoms. The predicted octanol–water partition coefficient (Wildman–Crippen LogP) is 4.37. The van der Waals surface area contributed by atoms with Crippen LogP contribution < -0.4 is 21.1 Å². The van der Waals surface area contributed by atoms with Gasteiger partial charge in [-0.3, -0.25) is 9.59 Å². The molecule has 0 aliphatic carbocycles. The van der Waals surface area contributed by atoms with Gasteiger partial charge < -0.3 is 25.8 Å². The van der Waals surface area contributed by atoms with Gasteiger partial charge in [-0.15, -0.1) is 0 Å². The molecule has 34 heavy (non-hydrogen) atoms. The fourth-order valence-corrected chi connectivity index (χ4v) is 2.96. The number of carbonyl (C=O) groups excluding carboxylic acids is 2. The van der Waals surface area contributed by atoms with E-state index in [1.54, 1.807) is 56.6 Å². The van der Waals surface area contributed by atoms with E-state index in [2.05, 4.69) is 21.9 Å². The number of benzene rings is 3. The van der Waals surface area contributed by atoms with Gasteiger partial charge in [0.2, 0.25) is 0 Å². The minimum absolute atomic E-state index is 0.154. The van der Waals surface area contributed by atoms with E-state index < -0.39 is 6.17 Å². The minimum Gasteiger partial charge on any atom is -0.497 e. The fourth-order valence-electron chi connectivity index (χ4n) is 2.83. The number of nitrogens with one attached hydrogen (secondary N) is 2. The van der Waals surface area contributed by atoms with Gasteiger partial charge in [-0.05, 0) is 55.1 Å². The van der Waals surface area contributed by atoms with Gasteiger partial charge in [0, 0.05) is 27.5 Å². The van der Waals surface area contributed by atoms with Crippen LogP contribution in [0.1, 0.15) is 21.5 Å². The molecule has 0 saturated heterocycles. The van der Waals surface area contributed by atoms with Crippen LogP contribution in [-0.2, 0) is 16.1 Å². The number of rotatable bonds is 10. The molecular weight excluding hydrogens is 454 g/mol. The van der Waals surface area contributed by atoms with E-state index in [0.717, 1.165) is 5.56 Å². The molecule has 0 fully saturated rings. The molecule has 4 N–H and O–H groups in total. The number of hydrogen-bond donors (Lipinski definition) is 3.